The van der Waals surface area contributed by atoms with Crippen molar-refractivity contribution in [2.75, 3.05) is 19.0 Å². The minimum absolute atomic E-state index is 0.239. The average molecular weight is 191 g/mol. The van der Waals surface area contributed by atoms with Gasteiger partial charge in [-0.15, -0.1) is 0 Å². The fraction of sp³-hybridized carbons (Fsp3) is 0.182. The first-order valence-corrected chi connectivity index (χ1v) is 4.33. The van der Waals surface area contributed by atoms with Gasteiger partial charge in [0, 0.05) is 12.7 Å². The van der Waals surface area contributed by atoms with Gasteiger partial charge in [0.25, 0.3) is 0 Å². The molecule has 1 aromatic rings. The highest BCUT2D eigenvalue weighted by molar-refractivity contribution is 5.90. The Hall–Kier alpha value is -1.77. The second kappa shape index (κ2) is 5.07. The normalized spacial score (nSPS) is 9.21. The van der Waals surface area contributed by atoms with E-state index in [0.717, 1.165) is 5.69 Å². The van der Waals surface area contributed by atoms with Crippen LogP contribution < -0.4 is 5.32 Å². The molecule has 0 spiro atoms. The predicted octanol–water partition coefficient (Wildman–Crippen LogP) is 2.07. The Balaban J connectivity index is 2.73. The summed E-state index contributed by atoms with van der Waals surface area (Å²) in [5, 5.41) is 2.95. The van der Waals surface area contributed by atoms with Crippen LogP contribution in [0.1, 0.15) is 10.4 Å². The number of esters is 1. The molecular formula is C11H13NO2. The van der Waals surface area contributed by atoms with Crippen LogP contribution in [-0.4, -0.2) is 19.6 Å². The van der Waals surface area contributed by atoms with Gasteiger partial charge in [-0.1, -0.05) is 18.7 Å². The molecule has 14 heavy (non-hydrogen) atoms. The van der Waals surface area contributed by atoms with Gasteiger partial charge >= 0.3 is 5.97 Å². The molecule has 0 amide bonds. The first kappa shape index (κ1) is 10.3. The standard InChI is InChI=1S/C11H13NO2/c1-3-7-14-11(13)9-5-4-6-10(8-9)12-2/h3-6,8,12H,1,7H2,2H3. The summed E-state index contributed by atoms with van der Waals surface area (Å²) in [7, 11) is 1.80. The van der Waals surface area contributed by atoms with Crippen molar-refractivity contribution in [3.8, 4) is 0 Å². The van der Waals surface area contributed by atoms with E-state index < -0.39 is 0 Å². The molecule has 1 aromatic carbocycles. The maximum absolute atomic E-state index is 11.4. The number of hydrogen-bond donors (Lipinski definition) is 1. The van der Waals surface area contributed by atoms with Crippen molar-refractivity contribution in [1.82, 2.24) is 0 Å². The average Bonchev–Trinajstić information content (AvgIpc) is 2.26. The van der Waals surface area contributed by atoms with Crippen molar-refractivity contribution in [3.63, 3.8) is 0 Å². The molecule has 0 aromatic heterocycles. The van der Waals surface area contributed by atoms with E-state index in [2.05, 4.69) is 11.9 Å². The zero-order chi connectivity index (χ0) is 10.4. The minimum Gasteiger partial charge on any atom is -0.458 e. The first-order valence-electron chi connectivity index (χ1n) is 4.33. The summed E-state index contributed by atoms with van der Waals surface area (Å²) >= 11 is 0. The van der Waals surface area contributed by atoms with Crippen molar-refractivity contribution < 1.29 is 9.53 Å². The molecule has 0 atom stereocenters. The Kier molecular flexibility index (Phi) is 3.73. The molecule has 0 aliphatic heterocycles. The summed E-state index contributed by atoms with van der Waals surface area (Å²) in [5.41, 5.74) is 1.43. The molecule has 0 bridgehead atoms. The number of anilines is 1. The molecule has 0 radical (unpaired) electrons. The molecule has 0 heterocycles. The second-order valence-electron chi connectivity index (χ2n) is 2.72. The topological polar surface area (TPSA) is 38.3 Å². The highest BCUT2D eigenvalue weighted by Gasteiger charge is 2.05. The summed E-state index contributed by atoms with van der Waals surface area (Å²) in [6, 6.07) is 7.14. The van der Waals surface area contributed by atoms with Crippen molar-refractivity contribution >= 4 is 11.7 Å². The van der Waals surface area contributed by atoms with E-state index in [4.69, 9.17) is 4.74 Å². The molecule has 3 heteroatoms. The highest BCUT2D eigenvalue weighted by Crippen LogP contribution is 2.10. The molecular weight excluding hydrogens is 178 g/mol. The van der Waals surface area contributed by atoms with Crippen LogP contribution in [0, 0.1) is 0 Å². The summed E-state index contributed by atoms with van der Waals surface area (Å²) in [6.45, 7) is 3.71. The summed E-state index contributed by atoms with van der Waals surface area (Å²) in [4.78, 5) is 11.4. The fourth-order valence-corrected chi connectivity index (χ4v) is 1.02. The third-order valence-electron chi connectivity index (χ3n) is 1.72. The molecule has 0 saturated heterocycles. The van der Waals surface area contributed by atoms with Crippen molar-refractivity contribution in [3.05, 3.63) is 42.5 Å². The van der Waals surface area contributed by atoms with Gasteiger partial charge in [-0.25, -0.2) is 4.79 Å². The Bertz CT molecular complexity index is 334. The third-order valence-corrected chi connectivity index (χ3v) is 1.72. The van der Waals surface area contributed by atoms with Crippen LogP contribution in [0.15, 0.2) is 36.9 Å². The Labute approximate surface area is 83.4 Å². The Morgan fingerprint density at radius 1 is 1.64 bits per heavy atom. The molecule has 0 saturated carbocycles. The molecule has 3 nitrogen and oxygen atoms in total. The highest BCUT2D eigenvalue weighted by atomic mass is 16.5. The zero-order valence-electron chi connectivity index (χ0n) is 8.12. The summed E-state index contributed by atoms with van der Waals surface area (Å²) < 4.78 is 4.89. The van der Waals surface area contributed by atoms with Crippen LogP contribution in [0.5, 0.6) is 0 Å². The quantitative estimate of drug-likeness (QED) is 0.585. The smallest absolute Gasteiger partial charge is 0.338 e. The number of carbonyl (C=O) groups excluding carboxylic acids is 1. The number of rotatable bonds is 4. The number of benzene rings is 1. The largest absolute Gasteiger partial charge is 0.458 e. The van der Waals surface area contributed by atoms with E-state index >= 15 is 0 Å². The van der Waals surface area contributed by atoms with Gasteiger partial charge in [-0.3, -0.25) is 0 Å². The van der Waals surface area contributed by atoms with E-state index in [1.165, 1.54) is 0 Å². The number of carbonyl (C=O) groups is 1. The third kappa shape index (κ3) is 2.62. The monoisotopic (exact) mass is 191 g/mol. The van der Waals surface area contributed by atoms with Crippen LogP contribution in [0.25, 0.3) is 0 Å². The van der Waals surface area contributed by atoms with E-state index in [0.29, 0.717) is 5.56 Å². The van der Waals surface area contributed by atoms with Gasteiger partial charge in [-0.2, -0.15) is 0 Å². The molecule has 1 rings (SSSR count). The number of nitrogens with one attached hydrogen (secondary N) is 1. The predicted molar refractivity (Wildman–Crippen MR) is 56.5 cm³/mol. The Morgan fingerprint density at radius 2 is 2.43 bits per heavy atom. The van der Waals surface area contributed by atoms with Crippen LogP contribution in [-0.2, 0) is 4.74 Å². The van der Waals surface area contributed by atoms with Crippen LogP contribution >= 0.6 is 0 Å². The minimum atomic E-state index is -0.331. The van der Waals surface area contributed by atoms with Gasteiger partial charge in [0.15, 0.2) is 0 Å². The zero-order valence-corrected chi connectivity index (χ0v) is 8.12. The fourth-order valence-electron chi connectivity index (χ4n) is 1.02. The molecule has 0 fully saturated rings. The van der Waals surface area contributed by atoms with Crippen molar-refractivity contribution in [1.29, 1.82) is 0 Å². The van der Waals surface area contributed by atoms with Crippen LogP contribution in [0.2, 0.25) is 0 Å². The van der Waals surface area contributed by atoms with Crippen molar-refractivity contribution in [2.24, 2.45) is 0 Å². The molecule has 74 valence electrons. The number of hydrogen-bond acceptors (Lipinski definition) is 3. The lowest BCUT2D eigenvalue weighted by Crippen LogP contribution is -2.05. The Morgan fingerprint density at radius 3 is 3.07 bits per heavy atom. The molecule has 0 aliphatic rings. The summed E-state index contributed by atoms with van der Waals surface area (Å²) in [5.74, 6) is -0.331. The van der Waals surface area contributed by atoms with E-state index in [9.17, 15) is 4.79 Å². The van der Waals surface area contributed by atoms with Crippen LogP contribution in [0.4, 0.5) is 5.69 Å². The SMILES string of the molecule is C=CCOC(=O)c1cccc(NC)c1. The lowest BCUT2D eigenvalue weighted by atomic mass is 10.2. The van der Waals surface area contributed by atoms with Gasteiger partial charge in [-0.05, 0) is 18.2 Å². The first-order chi connectivity index (χ1) is 6.77. The van der Waals surface area contributed by atoms with Crippen molar-refractivity contribution in [2.45, 2.75) is 0 Å². The van der Waals surface area contributed by atoms with Crippen LogP contribution in [0.3, 0.4) is 0 Å². The van der Waals surface area contributed by atoms with Gasteiger partial charge in [0.05, 0.1) is 5.56 Å². The number of ether oxygens (including phenoxy) is 1. The van der Waals surface area contributed by atoms with Gasteiger partial charge in [0.1, 0.15) is 6.61 Å². The maximum Gasteiger partial charge on any atom is 0.338 e. The van der Waals surface area contributed by atoms with E-state index in [1.807, 2.05) is 6.07 Å². The molecule has 1 N–H and O–H groups in total. The van der Waals surface area contributed by atoms with E-state index in [1.54, 1.807) is 31.3 Å². The molecule has 0 unspecified atom stereocenters. The second-order valence-corrected chi connectivity index (χ2v) is 2.72. The molecule has 0 aliphatic carbocycles. The lowest BCUT2D eigenvalue weighted by Gasteiger charge is -2.04. The summed E-state index contributed by atoms with van der Waals surface area (Å²) in [6.07, 6.45) is 1.54. The van der Waals surface area contributed by atoms with Gasteiger partial charge in [0.2, 0.25) is 0 Å². The lowest BCUT2D eigenvalue weighted by molar-refractivity contribution is 0.0550. The van der Waals surface area contributed by atoms with E-state index in [-0.39, 0.29) is 12.6 Å². The maximum atomic E-state index is 11.4. The van der Waals surface area contributed by atoms with Gasteiger partial charge < -0.3 is 10.1 Å².